The van der Waals surface area contributed by atoms with Crippen molar-refractivity contribution in [1.82, 2.24) is 4.90 Å². The number of carbonyl (C=O) groups excluding carboxylic acids is 1. The molecule has 1 aliphatic rings. The van der Waals surface area contributed by atoms with E-state index in [1.54, 1.807) is 0 Å². The first-order valence-electron chi connectivity index (χ1n) is 6.12. The van der Waals surface area contributed by atoms with Gasteiger partial charge in [-0.2, -0.15) is 0 Å². The van der Waals surface area contributed by atoms with Gasteiger partial charge in [0.15, 0.2) is 6.23 Å². The Bertz CT molecular complexity index is 390. The maximum Gasteiger partial charge on any atom is 0.325 e. The van der Waals surface area contributed by atoms with Crippen molar-refractivity contribution in [1.29, 1.82) is 0 Å². The molecule has 1 unspecified atom stereocenters. The van der Waals surface area contributed by atoms with Crippen LogP contribution in [-0.4, -0.2) is 24.0 Å². The van der Waals surface area contributed by atoms with Crippen molar-refractivity contribution in [2.24, 2.45) is 5.92 Å². The second-order valence-corrected chi connectivity index (χ2v) is 4.70. The van der Waals surface area contributed by atoms with Gasteiger partial charge in [0, 0.05) is 5.56 Å². The van der Waals surface area contributed by atoms with Crippen molar-refractivity contribution in [3.05, 3.63) is 35.9 Å². The highest BCUT2D eigenvalue weighted by molar-refractivity contribution is 5.78. The predicted octanol–water partition coefficient (Wildman–Crippen LogP) is 2.59. The lowest BCUT2D eigenvalue weighted by molar-refractivity contribution is -0.143. The van der Waals surface area contributed by atoms with E-state index in [2.05, 4.69) is 13.8 Å². The zero-order valence-electron chi connectivity index (χ0n) is 10.6. The van der Waals surface area contributed by atoms with Crippen molar-refractivity contribution < 1.29 is 9.53 Å². The average molecular weight is 233 g/mol. The van der Waals surface area contributed by atoms with Crippen LogP contribution in [0, 0.1) is 5.92 Å². The van der Waals surface area contributed by atoms with Crippen LogP contribution in [0.3, 0.4) is 0 Å². The average Bonchev–Trinajstić information content (AvgIpc) is 2.65. The summed E-state index contributed by atoms with van der Waals surface area (Å²) >= 11 is 0. The second-order valence-electron chi connectivity index (χ2n) is 4.70. The topological polar surface area (TPSA) is 29.5 Å². The molecular formula is C14H19NO2. The van der Waals surface area contributed by atoms with Crippen LogP contribution >= 0.6 is 0 Å². The Labute approximate surface area is 102 Å². The first-order chi connectivity index (χ1) is 8.15. The molecule has 3 nitrogen and oxygen atoms in total. The number of likely N-dealkylation sites (N-methyl/N-ethyl adjacent to an activating group) is 1. The van der Waals surface area contributed by atoms with E-state index in [4.69, 9.17) is 4.74 Å². The molecule has 3 atom stereocenters. The SMILES string of the molecule is CCC(C)[C@H]1C(=O)O[C@@H](c2ccccc2)N1C. The fraction of sp³-hybridized carbons (Fsp3) is 0.500. The molecule has 3 heteroatoms. The zero-order valence-corrected chi connectivity index (χ0v) is 10.6. The molecule has 1 aliphatic heterocycles. The Balaban J connectivity index is 2.21. The van der Waals surface area contributed by atoms with Crippen LogP contribution in [0.4, 0.5) is 0 Å². The van der Waals surface area contributed by atoms with Crippen LogP contribution in [0.15, 0.2) is 30.3 Å². The smallest absolute Gasteiger partial charge is 0.325 e. The summed E-state index contributed by atoms with van der Waals surface area (Å²) in [5, 5.41) is 0. The Morgan fingerprint density at radius 3 is 2.59 bits per heavy atom. The minimum atomic E-state index is -0.234. The lowest BCUT2D eigenvalue weighted by Crippen LogP contribution is -2.36. The second kappa shape index (κ2) is 4.88. The molecule has 0 spiro atoms. The third-order valence-electron chi connectivity index (χ3n) is 3.55. The van der Waals surface area contributed by atoms with Gasteiger partial charge in [-0.15, -0.1) is 0 Å². The molecule has 1 fully saturated rings. The summed E-state index contributed by atoms with van der Waals surface area (Å²) in [6.45, 7) is 4.19. The van der Waals surface area contributed by atoms with Gasteiger partial charge in [-0.05, 0) is 13.0 Å². The third kappa shape index (κ3) is 2.20. The van der Waals surface area contributed by atoms with Crippen LogP contribution in [0.5, 0.6) is 0 Å². The highest BCUT2D eigenvalue weighted by Gasteiger charge is 2.42. The molecule has 1 saturated heterocycles. The number of esters is 1. The van der Waals surface area contributed by atoms with E-state index in [1.165, 1.54) is 0 Å². The van der Waals surface area contributed by atoms with Crippen molar-refractivity contribution >= 4 is 5.97 Å². The number of nitrogens with zero attached hydrogens (tertiary/aromatic N) is 1. The van der Waals surface area contributed by atoms with Crippen LogP contribution in [0.1, 0.15) is 32.1 Å². The van der Waals surface area contributed by atoms with Gasteiger partial charge in [0.25, 0.3) is 0 Å². The minimum absolute atomic E-state index is 0.101. The molecule has 1 aromatic rings. The summed E-state index contributed by atoms with van der Waals surface area (Å²) in [4.78, 5) is 13.9. The number of rotatable bonds is 3. The van der Waals surface area contributed by atoms with Gasteiger partial charge in [0.2, 0.25) is 0 Å². The molecule has 92 valence electrons. The van der Waals surface area contributed by atoms with Gasteiger partial charge in [0.1, 0.15) is 6.04 Å². The quantitative estimate of drug-likeness (QED) is 0.751. The van der Waals surface area contributed by atoms with E-state index in [1.807, 2.05) is 42.3 Å². The fourth-order valence-electron chi connectivity index (χ4n) is 2.35. The van der Waals surface area contributed by atoms with Crippen molar-refractivity contribution in [2.45, 2.75) is 32.5 Å². The Morgan fingerprint density at radius 2 is 2.00 bits per heavy atom. The van der Waals surface area contributed by atoms with Gasteiger partial charge in [-0.3, -0.25) is 9.69 Å². The number of ether oxygens (including phenoxy) is 1. The normalized spacial score (nSPS) is 26.9. The number of hydrogen-bond donors (Lipinski definition) is 0. The van der Waals surface area contributed by atoms with E-state index in [0.29, 0.717) is 5.92 Å². The van der Waals surface area contributed by atoms with Gasteiger partial charge in [-0.1, -0.05) is 50.6 Å². The maximum atomic E-state index is 11.9. The molecule has 0 aliphatic carbocycles. The summed E-state index contributed by atoms with van der Waals surface area (Å²) in [6, 6.07) is 9.76. The van der Waals surface area contributed by atoms with E-state index in [9.17, 15) is 4.79 Å². The minimum Gasteiger partial charge on any atom is -0.441 e. The largest absolute Gasteiger partial charge is 0.441 e. The molecule has 0 aromatic heterocycles. The molecular weight excluding hydrogens is 214 g/mol. The number of carbonyl (C=O) groups is 1. The molecule has 0 saturated carbocycles. The molecule has 0 N–H and O–H groups in total. The van der Waals surface area contributed by atoms with Crippen molar-refractivity contribution in [2.75, 3.05) is 7.05 Å². The van der Waals surface area contributed by atoms with E-state index >= 15 is 0 Å². The lowest BCUT2D eigenvalue weighted by Gasteiger charge is -2.24. The first kappa shape index (κ1) is 12.1. The zero-order chi connectivity index (χ0) is 12.4. The van der Waals surface area contributed by atoms with Crippen LogP contribution in [-0.2, 0) is 9.53 Å². The Morgan fingerprint density at radius 1 is 1.35 bits per heavy atom. The third-order valence-corrected chi connectivity index (χ3v) is 3.55. The highest BCUT2D eigenvalue weighted by atomic mass is 16.6. The summed E-state index contributed by atoms with van der Waals surface area (Å²) in [6.07, 6.45) is 0.744. The van der Waals surface area contributed by atoms with E-state index in [0.717, 1.165) is 12.0 Å². The van der Waals surface area contributed by atoms with E-state index < -0.39 is 0 Å². The molecule has 17 heavy (non-hydrogen) atoms. The highest BCUT2D eigenvalue weighted by Crippen LogP contribution is 2.33. The van der Waals surface area contributed by atoms with Gasteiger partial charge in [-0.25, -0.2) is 0 Å². The molecule has 0 bridgehead atoms. The summed E-state index contributed by atoms with van der Waals surface area (Å²) in [5.41, 5.74) is 1.04. The number of hydrogen-bond acceptors (Lipinski definition) is 3. The molecule has 2 rings (SSSR count). The van der Waals surface area contributed by atoms with Crippen LogP contribution in [0.25, 0.3) is 0 Å². The predicted molar refractivity (Wildman–Crippen MR) is 66.3 cm³/mol. The molecule has 1 heterocycles. The van der Waals surface area contributed by atoms with Crippen LogP contribution < -0.4 is 0 Å². The van der Waals surface area contributed by atoms with Crippen LogP contribution in [0.2, 0.25) is 0 Å². The summed E-state index contributed by atoms with van der Waals surface area (Å²) < 4.78 is 5.48. The fourth-order valence-corrected chi connectivity index (χ4v) is 2.35. The lowest BCUT2D eigenvalue weighted by atomic mass is 9.98. The maximum absolute atomic E-state index is 11.9. The van der Waals surface area contributed by atoms with E-state index in [-0.39, 0.29) is 18.2 Å². The Kier molecular flexibility index (Phi) is 3.48. The summed E-state index contributed by atoms with van der Waals surface area (Å²) in [7, 11) is 1.96. The molecule has 0 radical (unpaired) electrons. The standard InChI is InChI=1S/C14H19NO2/c1-4-10(2)12-14(16)17-13(15(12)3)11-8-6-5-7-9-11/h5-10,12-13H,4H2,1-3H3/t10?,12-,13-/m0/s1. The van der Waals surface area contributed by atoms with Crippen molar-refractivity contribution in [3.8, 4) is 0 Å². The van der Waals surface area contributed by atoms with Crippen molar-refractivity contribution in [3.63, 3.8) is 0 Å². The first-order valence-corrected chi connectivity index (χ1v) is 6.12. The number of cyclic esters (lactones) is 1. The molecule has 1 aromatic carbocycles. The monoisotopic (exact) mass is 233 g/mol. The molecule has 0 amide bonds. The Hall–Kier alpha value is -1.35. The van der Waals surface area contributed by atoms with Gasteiger partial charge in [0.05, 0.1) is 0 Å². The number of benzene rings is 1. The van der Waals surface area contributed by atoms with Gasteiger partial charge >= 0.3 is 5.97 Å². The van der Waals surface area contributed by atoms with Gasteiger partial charge < -0.3 is 4.74 Å². The summed E-state index contributed by atoms with van der Waals surface area (Å²) in [5.74, 6) is 0.219.